The average molecular weight is 268 g/mol. The highest BCUT2D eigenvalue weighted by Gasteiger charge is 2.14. The van der Waals surface area contributed by atoms with Gasteiger partial charge in [-0.3, -0.25) is 9.48 Å². The third kappa shape index (κ3) is 4.34. The maximum Gasteiger partial charge on any atom is 0.230 e. The van der Waals surface area contributed by atoms with Crippen molar-refractivity contribution in [1.82, 2.24) is 20.4 Å². The van der Waals surface area contributed by atoms with E-state index in [1.54, 1.807) is 22.6 Å². The number of nitrogens with zero attached hydrogens (tertiary/aromatic N) is 2. The van der Waals surface area contributed by atoms with Crippen molar-refractivity contribution in [2.24, 2.45) is 7.05 Å². The third-order valence-corrected chi connectivity index (χ3v) is 4.36. The summed E-state index contributed by atoms with van der Waals surface area (Å²) in [7, 11) is 1.87. The van der Waals surface area contributed by atoms with Crippen LogP contribution in [0.25, 0.3) is 0 Å². The first-order valence-electron chi connectivity index (χ1n) is 6.30. The van der Waals surface area contributed by atoms with Crippen LogP contribution >= 0.6 is 11.8 Å². The van der Waals surface area contributed by atoms with Gasteiger partial charge in [-0.05, 0) is 25.9 Å². The molecule has 0 unspecified atom stereocenters. The molecule has 2 N–H and O–H groups in total. The van der Waals surface area contributed by atoms with Crippen LogP contribution < -0.4 is 10.6 Å². The van der Waals surface area contributed by atoms with Gasteiger partial charge in [-0.15, -0.1) is 11.8 Å². The number of aryl methyl sites for hydroxylation is 1. The number of thioether (sulfide) groups is 1. The number of carbonyl (C=O) groups excluding carboxylic acids is 1. The van der Waals surface area contributed by atoms with Gasteiger partial charge >= 0.3 is 0 Å². The lowest BCUT2D eigenvalue weighted by Crippen LogP contribution is -2.31. The molecule has 6 heteroatoms. The SMILES string of the molecule is Cn1cc(CNC(=O)CSC2CCNCC2)cn1. The quantitative estimate of drug-likeness (QED) is 0.817. The number of rotatable bonds is 5. The van der Waals surface area contributed by atoms with Crippen LogP contribution in [0, 0.1) is 0 Å². The predicted octanol–water partition coefficient (Wildman–Crippen LogP) is 0.522. The topological polar surface area (TPSA) is 59.0 Å². The van der Waals surface area contributed by atoms with Gasteiger partial charge in [0.15, 0.2) is 0 Å². The maximum atomic E-state index is 11.7. The number of aromatic nitrogens is 2. The van der Waals surface area contributed by atoms with Gasteiger partial charge in [0, 0.05) is 30.6 Å². The molecule has 5 nitrogen and oxygen atoms in total. The van der Waals surface area contributed by atoms with Gasteiger partial charge in [-0.2, -0.15) is 5.10 Å². The lowest BCUT2D eigenvalue weighted by molar-refractivity contribution is -0.118. The van der Waals surface area contributed by atoms with E-state index in [0.717, 1.165) is 18.7 Å². The predicted molar refractivity (Wildman–Crippen MR) is 73.4 cm³/mol. The number of amides is 1. The number of nitrogens with one attached hydrogen (secondary N) is 2. The second kappa shape index (κ2) is 6.80. The number of piperidine rings is 1. The van der Waals surface area contributed by atoms with Crippen LogP contribution in [0.4, 0.5) is 0 Å². The molecule has 1 saturated heterocycles. The van der Waals surface area contributed by atoms with E-state index >= 15 is 0 Å². The lowest BCUT2D eigenvalue weighted by atomic mass is 10.2. The Kier molecular flexibility index (Phi) is 5.07. The first-order chi connectivity index (χ1) is 8.74. The molecule has 18 heavy (non-hydrogen) atoms. The average Bonchev–Trinajstić information content (AvgIpc) is 2.81. The van der Waals surface area contributed by atoms with Crippen LogP contribution in [0.3, 0.4) is 0 Å². The van der Waals surface area contributed by atoms with E-state index < -0.39 is 0 Å². The van der Waals surface area contributed by atoms with Crippen LogP contribution in [0.15, 0.2) is 12.4 Å². The highest BCUT2D eigenvalue weighted by molar-refractivity contribution is 8.00. The standard InChI is InChI=1S/C12H20N4OS/c1-16-8-10(7-15-16)6-14-12(17)9-18-11-2-4-13-5-3-11/h7-8,11,13H,2-6,9H2,1H3,(H,14,17). The first-order valence-corrected chi connectivity index (χ1v) is 7.35. The minimum absolute atomic E-state index is 0.113. The van der Waals surface area contributed by atoms with Crippen LogP contribution in [0.2, 0.25) is 0 Å². The van der Waals surface area contributed by atoms with Gasteiger partial charge in [0.05, 0.1) is 11.9 Å². The van der Waals surface area contributed by atoms with E-state index in [2.05, 4.69) is 15.7 Å². The van der Waals surface area contributed by atoms with Gasteiger partial charge in [0.25, 0.3) is 0 Å². The van der Waals surface area contributed by atoms with Crippen molar-refractivity contribution in [3.63, 3.8) is 0 Å². The Bertz CT molecular complexity index is 387. The molecule has 2 heterocycles. The van der Waals surface area contributed by atoms with Crippen molar-refractivity contribution in [3.05, 3.63) is 18.0 Å². The summed E-state index contributed by atoms with van der Waals surface area (Å²) in [6.45, 7) is 2.73. The minimum Gasteiger partial charge on any atom is -0.351 e. The smallest absolute Gasteiger partial charge is 0.230 e. The molecule has 1 amide bonds. The van der Waals surface area contributed by atoms with Gasteiger partial charge in [0.2, 0.25) is 5.91 Å². The molecule has 0 aliphatic carbocycles. The highest BCUT2D eigenvalue weighted by atomic mass is 32.2. The molecule has 1 aromatic rings. The molecule has 1 aromatic heterocycles. The van der Waals surface area contributed by atoms with Gasteiger partial charge in [-0.1, -0.05) is 0 Å². The normalized spacial score (nSPS) is 16.7. The second-order valence-corrected chi connectivity index (χ2v) is 5.85. The summed E-state index contributed by atoms with van der Waals surface area (Å²) in [5.41, 5.74) is 1.04. The second-order valence-electron chi connectivity index (χ2n) is 4.56. The Balaban J connectivity index is 1.62. The summed E-state index contributed by atoms with van der Waals surface area (Å²) >= 11 is 1.77. The first kappa shape index (κ1) is 13.4. The fourth-order valence-electron chi connectivity index (χ4n) is 1.97. The fourth-order valence-corrected chi connectivity index (χ4v) is 3.03. The van der Waals surface area contributed by atoms with Crippen molar-refractivity contribution in [1.29, 1.82) is 0 Å². The monoisotopic (exact) mass is 268 g/mol. The summed E-state index contributed by atoms with van der Waals surface area (Å²) in [5.74, 6) is 0.674. The molecule has 0 aromatic carbocycles. The summed E-state index contributed by atoms with van der Waals surface area (Å²) < 4.78 is 1.74. The van der Waals surface area contributed by atoms with Crippen LogP contribution in [0.1, 0.15) is 18.4 Å². The van der Waals surface area contributed by atoms with E-state index in [4.69, 9.17) is 0 Å². The molecule has 2 rings (SSSR count). The van der Waals surface area contributed by atoms with E-state index in [1.807, 2.05) is 13.2 Å². The molecule has 0 saturated carbocycles. The third-order valence-electron chi connectivity index (χ3n) is 2.98. The van der Waals surface area contributed by atoms with E-state index in [9.17, 15) is 4.79 Å². The van der Waals surface area contributed by atoms with Gasteiger partial charge in [-0.25, -0.2) is 0 Å². The maximum absolute atomic E-state index is 11.7. The van der Waals surface area contributed by atoms with Crippen molar-refractivity contribution in [2.45, 2.75) is 24.6 Å². The Morgan fingerprint density at radius 2 is 2.39 bits per heavy atom. The van der Waals surface area contributed by atoms with Crippen molar-refractivity contribution < 1.29 is 4.79 Å². The van der Waals surface area contributed by atoms with Gasteiger partial charge < -0.3 is 10.6 Å². The van der Waals surface area contributed by atoms with Crippen LogP contribution in [-0.2, 0) is 18.4 Å². The molecule has 100 valence electrons. The highest BCUT2D eigenvalue weighted by Crippen LogP contribution is 2.19. The largest absolute Gasteiger partial charge is 0.351 e. The molecule has 0 bridgehead atoms. The van der Waals surface area contributed by atoms with Gasteiger partial charge in [0.1, 0.15) is 0 Å². The van der Waals surface area contributed by atoms with Crippen molar-refractivity contribution >= 4 is 17.7 Å². The molecule has 1 aliphatic rings. The summed E-state index contributed by atoms with van der Waals surface area (Å²) in [5, 5.41) is 11.0. The summed E-state index contributed by atoms with van der Waals surface area (Å²) in [4.78, 5) is 11.7. The number of carbonyl (C=O) groups is 1. The number of hydrogen-bond acceptors (Lipinski definition) is 4. The molecule has 0 spiro atoms. The zero-order valence-electron chi connectivity index (χ0n) is 10.7. The Labute approximate surface area is 112 Å². The summed E-state index contributed by atoms with van der Waals surface area (Å²) in [6.07, 6.45) is 6.03. The van der Waals surface area contributed by atoms with E-state index in [-0.39, 0.29) is 5.91 Å². The summed E-state index contributed by atoms with van der Waals surface area (Å²) in [6, 6.07) is 0. The molecule has 1 aliphatic heterocycles. The van der Waals surface area contributed by atoms with Crippen molar-refractivity contribution in [2.75, 3.05) is 18.8 Å². The zero-order chi connectivity index (χ0) is 12.8. The molecular weight excluding hydrogens is 248 g/mol. The van der Waals surface area contributed by atoms with E-state index in [0.29, 0.717) is 17.5 Å². The lowest BCUT2D eigenvalue weighted by Gasteiger charge is -2.21. The van der Waals surface area contributed by atoms with Crippen LogP contribution in [0.5, 0.6) is 0 Å². The molecular formula is C12H20N4OS. The van der Waals surface area contributed by atoms with Crippen LogP contribution in [-0.4, -0.2) is 39.8 Å². The van der Waals surface area contributed by atoms with Crippen molar-refractivity contribution in [3.8, 4) is 0 Å². The Morgan fingerprint density at radius 1 is 1.61 bits per heavy atom. The molecule has 1 fully saturated rings. The van der Waals surface area contributed by atoms with E-state index in [1.165, 1.54) is 12.8 Å². The Morgan fingerprint density at radius 3 is 3.06 bits per heavy atom. The molecule has 0 atom stereocenters. The Hall–Kier alpha value is -1.01. The fraction of sp³-hybridized carbons (Fsp3) is 0.667. The molecule has 0 radical (unpaired) electrons. The number of hydrogen-bond donors (Lipinski definition) is 2. The zero-order valence-corrected chi connectivity index (χ0v) is 11.5. The minimum atomic E-state index is 0.113.